The van der Waals surface area contributed by atoms with Crippen molar-refractivity contribution in [1.82, 2.24) is 5.32 Å². The van der Waals surface area contributed by atoms with Gasteiger partial charge in [-0.1, -0.05) is 31.5 Å². The quantitative estimate of drug-likeness (QED) is 0.835. The molecule has 0 aliphatic carbocycles. The van der Waals surface area contributed by atoms with Gasteiger partial charge in [0.05, 0.1) is 6.61 Å². The molecule has 15 heavy (non-hydrogen) atoms. The van der Waals surface area contributed by atoms with Gasteiger partial charge in [0, 0.05) is 17.0 Å². The van der Waals surface area contributed by atoms with Crippen LogP contribution in [0.25, 0.3) is 0 Å². The van der Waals surface area contributed by atoms with Gasteiger partial charge in [0.25, 0.3) is 0 Å². The smallest absolute Gasteiger partial charge is 0.120 e. The average molecular weight is 228 g/mol. The highest BCUT2D eigenvalue weighted by Crippen LogP contribution is 2.20. The van der Waals surface area contributed by atoms with Crippen molar-refractivity contribution in [2.75, 3.05) is 20.2 Å². The van der Waals surface area contributed by atoms with Crippen LogP contribution in [0, 0.1) is 5.41 Å². The Balaban J connectivity index is 2.49. The maximum atomic E-state index is 5.86. The number of ether oxygens (including phenoxy) is 1. The van der Waals surface area contributed by atoms with E-state index in [4.69, 9.17) is 16.3 Å². The molecule has 0 bridgehead atoms. The van der Waals surface area contributed by atoms with Crippen molar-refractivity contribution in [2.45, 2.75) is 13.8 Å². The minimum atomic E-state index is 0.122. The molecule has 0 saturated heterocycles. The molecule has 1 aromatic rings. The summed E-state index contributed by atoms with van der Waals surface area (Å²) >= 11 is 5.86. The summed E-state index contributed by atoms with van der Waals surface area (Å²) in [4.78, 5) is 0. The molecule has 0 amide bonds. The van der Waals surface area contributed by atoms with E-state index in [-0.39, 0.29) is 5.41 Å². The Morgan fingerprint density at radius 2 is 2.13 bits per heavy atom. The van der Waals surface area contributed by atoms with Gasteiger partial charge in [-0.15, -0.1) is 0 Å². The lowest BCUT2D eigenvalue weighted by Crippen LogP contribution is -2.32. The second-order valence-corrected chi connectivity index (χ2v) is 4.88. The van der Waals surface area contributed by atoms with E-state index in [0.717, 1.165) is 12.3 Å². The predicted molar refractivity (Wildman–Crippen MR) is 64.7 cm³/mol. The third-order valence-electron chi connectivity index (χ3n) is 2.08. The molecule has 0 fully saturated rings. The van der Waals surface area contributed by atoms with Crippen LogP contribution in [0.3, 0.4) is 0 Å². The molecule has 0 saturated carbocycles. The Labute approximate surface area is 96.6 Å². The normalized spacial score (nSPS) is 11.5. The van der Waals surface area contributed by atoms with Gasteiger partial charge in [0.1, 0.15) is 5.75 Å². The second kappa shape index (κ2) is 5.38. The van der Waals surface area contributed by atoms with Crippen LogP contribution >= 0.6 is 11.6 Å². The van der Waals surface area contributed by atoms with Crippen molar-refractivity contribution in [3.05, 3.63) is 29.3 Å². The lowest BCUT2D eigenvalue weighted by Gasteiger charge is -2.24. The molecule has 0 atom stereocenters. The first kappa shape index (κ1) is 12.3. The molecule has 1 N–H and O–H groups in total. The van der Waals surface area contributed by atoms with E-state index in [1.54, 1.807) is 0 Å². The molecule has 3 heteroatoms. The Bertz CT molecular complexity index is 312. The van der Waals surface area contributed by atoms with E-state index in [1.807, 2.05) is 31.3 Å². The molecule has 2 nitrogen and oxygen atoms in total. The zero-order valence-corrected chi connectivity index (χ0v) is 10.3. The number of hydrogen-bond donors (Lipinski definition) is 1. The van der Waals surface area contributed by atoms with E-state index in [9.17, 15) is 0 Å². The molecule has 1 rings (SSSR count). The molecule has 1 aromatic carbocycles. The summed E-state index contributed by atoms with van der Waals surface area (Å²) in [7, 11) is 1.95. The number of benzene rings is 1. The lowest BCUT2D eigenvalue weighted by atomic mass is 9.95. The zero-order valence-electron chi connectivity index (χ0n) is 9.51. The summed E-state index contributed by atoms with van der Waals surface area (Å²) in [5.74, 6) is 0.826. The van der Waals surface area contributed by atoms with E-state index >= 15 is 0 Å². The molecule has 0 heterocycles. The molecule has 0 radical (unpaired) electrons. The Morgan fingerprint density at radius 3 is 2.73 bits per heavy atom. The summed E-state index contributed by atoms with van der Waals surface area (Å²) < 4.78 is 5.68. The monoisotopic (exact) mass is 227 g/mol. The fraction of sp³-hybridized carbons (Fsp3) is 0.500. The third-order valence-corrected chi connectivity index (χ3v) is 2.32. The van der Waals surface area contributed by atoms with Crippen LogP contribution in [0.5, 0.6) is 5.75 Å². The minimum absolute atomic E-state index is 0.122. The molecule has 0 aliphatic rings. The van der Waals surface area contributed by atoms with Crippen LogP contribution in [-0.4, -0.2) is 20.2 Å². The first-order valence-corrected chi connectivity index (χ1v) is 5.44. The number of hydrogen-bond acceptors (Lipinski definition) is 2. The Morgan fingerprint density at radius 1 is 1.40 bits per heavy atom. The fourth-order valence-electron chi connectivity index (χ4n) is 1.37. The van der Waals surface area contributed by atoms with E-state index in [0.29, 0.717) is 11.6 Å². The van der Waals surface area contributed by atoms with Crippen molar-refractivity contribution in [3.63, 3.8) is 0 Å². The topological polar surface area (TPSA) is 21.3 Å². The summed E-state index contributed by atoms with van der Waals surface area (Å²) in [5, 5.41) is 3.86. The predicted octanol–water partition coefficient (Wildman–Crippen LogP) is 2.96. The maximum absolute atomic E-state index is 5.86. The van der Waals surface area contributed by atoms with Gasteiger partial charge >= 0.3 is 0 Å². The third kappa shape index (κ3) is 4.54. The van der Waals surface area contributed by atoms with Crippen LogP contribution in [-0.2, 0) is 0 Å². The first-order valence-electron chi connectivity index (χ1n) is 5.06. The molecule has 84 valence electrons. The molecule has 0 spiro atoms. The fourth-order valence-corrected chi connectivity index (χ4v) is 1.55. The van der Waals surface area contributed by atoms with Crippen molar-refractivity contribution in [2.24, 2.45) is 5.41 Å². The van der Waals surface area contributed by atoms with Crippen molar-refractivity contribution in [1.29, 1.82) is 0 Å². The van der Waals surface area contributed by atoms with Gasteiger partial charge in [0.2, 0.25) is 0 Å². The van der Waals surface area contributed by atoms with Gasteiger partial charge in [-0.05, 0) is 25.2 Å². The summed E-state index contributed by atoms with van der Waals surface area (Å²) in [6, 6.07) is 7.48. The summed E-state index contributed by atoms with van der Waals surface area (Å²) in [5.41, 5.74) is 0.122. The van der Waals surface area contributed by atoms with E-state index < -0.39 is 0 Å². The minimum Gasteiger partial charge on any atom is -0.493 e. The SMILES string of the molecule is CNCC(C)(C)COc1cccc(Cl)c1. The lowest BCUT2D eigenvalue weighted by molar-refractivity contribution is 0.179. The molecule has 0 aromatic heterocycles. The number of nitrogens with one attached hydrogen (secondary N) is 1. The Kier molecular flexibility index (Phi) is 4.43. The zero-order chi connectivity index (χ0) is 11.3. The van der Waals surface area contributed by atoms with E-state index in [2.05, 4.69) is 19.2 Å². The molecule has 0 unspecified atom stereocenters. The molecule has 0 aliphatic heterocycles. The van der Waals surface area contributed by atoms with Gasteiger partial charge in [-0.2, -0.15) is 0 Å². The molecular weight excluding hydrogens is 210 g/mol. The average Bonchev–Trinajstić information content (AvgIpc) is 2.15. The Hall–Kier alpha value is -0.730. The first-order chi connectivity index (χ1) is 7.03. The van der Waals surface area contributed by atoms with Crippen LogP contribution in [0.1, 0.15) is 13.8 Å². The highest BCUT2D eigenvalue weighted by Gasteiger charge is 2.17. The number of halogens is 1. The highest BCUT2D eigenvalue weighted by atomic mass is 35.5. The highest BCUT2D eigenvalue weighted by molar-refractivity contribution is 6.30. The van der Waals surface area contributed by atoms with Gasteiger partial charge in [-0.3, -0.25) is 0 Å². The van der Waals surface area contributed by atoms with Crippen LogP contribution in [0.15, 0.2) is 24.3 Å². The number of rotatable bonds is 5. The van der Waals surface area contributed by atoms with Crippen LogP contribution < -0.4 is 10.1 Å². The summed E-state index contributed by atoms with van der Waals surface area (Å²) in [6.45, 7) is 5.92. The largest absolute Gasteiger partial charge is 0.493 e. The van der Waals surface area contributed by atoms with Crippen LogP contribution in [0.4, 0.5) is 0 Å². The van der Waals surface area contributed by atoms with Crippen molar-refractivity contribution >= 4 is 11.6 Å². The van der Waals surface area contributed by atoms with Crippen molar-refractivity contribution < 1.29 is 4.74 Å². The van der Waals surface area contributed by atoms with Gasteiger partial charge in [-0.25, -0.2) is 0 Å². The standard InChI is InChI=1S/C12H18ClNO/c1-12(2,8-14-3)9-15-11-6-4-5-10(13)7-11/h4-7,14H,8-9H2,1-3H3. The molecular formula is C12H18ClNO. The van der Waals surface area contributed by atoms with Gasteiger partial charge < -0.3 is 10.1 Å². The van der Waals surface area contributed by atoms with E-state index in [1.165, 1.54) is 0 Å². The maximum Gasteiger partial charge on any atom is 0.120 e. The van der Waals surface area contributed by atoms with Crippen LogP contribution in [0.2, 0.25) is 5.02 Å². The second-order valence-electron chi connectivity index (χ2n) is 4.44. The van der Waals surface area contributed by atoms with Crippen molar-refractivity contribution in [3.8, 4) is 5.75 Å². The summed E-state index contributed by atoms with van der Waals surface area (Å²) in [6.07, 6.45) is 0. The van der Waals surface area contributed by atoms with Gasteiger partial charge in [0.15, 0.2) is 0 Å².